The zero-order valence-corrected chi connectivity index (χ0v) is 11.4. The van der Waals surface area contributed by atoms with Gasteiger partial charge >= 0.3 is 0 Å². The van der Waals surface area contributed by atoms with E-state index in [2.05, 4.69) is 12.2 Å². The van der Waals surface area contributed by atoms with Gasteiger partial charge in [0.05, 0.1) is 0 Å². The van der Waals surface area contributed by atoms with E-state index in [0.717, 1.165) is 18.0 Å². The van der Waals surface area contributed by atoms with Gasteiger partial charge in [-0.15, -0.1) is 0 Å². The Morgan fingerprint density at radius 3 is 2.68 bits per heavy atom. The first kappa shape index (κ1) is 13.9. The molecule has 3 N–H and O–H groups in total. The van der Waals surface area contributed by atoms with Crippen molar-refractivity contribution in [1.82, 2.24) is 5.32 Å². The quantitative estimate of drug-likeness (QED) is 0.786. The standard InChI is InChI=1S/C15H22N2O2/c1-11(13-4-5-13)9-17-15(18)10-19-14-6-2-12(8-16)3-7-14/h2-3,6-7,11,13H,4-5,8-10,16H2,1H3,(H,17,18). The lowest BCUT2D eigenvalue weighted by Gasteiger charge is -2.12. The van der Waals surface area contributed by atoms with Gasteiger partial charge in [-0.3, -0.25) is 4.79 Å². The van der Waals surface area contributed by atoms with Gasteiger partial charge < -0.3 is 15.8 Å². The van der Waals surface area contributed by atoms with E-state index in [4.69, 9.17) is 10.5 Å². The summed E-state index contributed by atoms with van der Waals surface area (Å²) in [5, 5.41) is 2.91. The van der Waals surface area contributed by atoms with Crippen LogP contribution < -0.4 is 15.8 Å². The summed E-state index contributed by atoms with van der Waals surface area (Å²) >= 11 is 0. The second-order valence-electron chi connectivity index (χ2n) is 5.26. The molecule has 104 valence electrons. The molecule has 1 fully saturated rings. The van der Waals surface area contributed by atoms with Crippen LogP contribution in [-0.4, -0.2) is 19.1 Å². The van der Waals surface area contributed by atoms with Crippen molar-refractivity contribution in [3.05, 3.63) is 29.8 Å². The van der Waals surface area contributed by atoms with Crippen molar-refractivity contribution in [2.24, 2.45) is 17.6 Å². The maximum Gasteiger partial charge on any atom is 0.257 e. The average Bonchev–Trinajstić information content (AvgIpc) is 3.27. The van der Waals surface area contributed by atoms with Gasteiger partial charge in [-0.2, -0.15) is 0 Å². The minimum Gasteiger partial charge on any atom is -0.484 e. The summed E-state index contributed by atoms with van der Waals surface area (Å²) < 4.78 is 5.42. The molecule has 1 amide bonds. The van der Waals surface area contributed by atoms with Crippen LogP contribution in [0.25, 0.3) is 0 Å². The largest absolute Gasteiger partial charge is 0.484 e. The van der Waals surface area contributed by atoms with Crippen molar-refractivity contribution in [1.29, 1.82) is 0 Å². The highest BCUT2D eigenvalue weighted by atomic mass is 16.5. The molecule has 0 spiro atoms. The number of hydrogen-bond acceptors (Lipinski definition) is 3. The zero-order valence-electron chi connectivity index (χ0n) is 11.4. The van der Waals surface area contributed by atoms with Crippen molar-refractivity contribution in [3.8, 4) is 5.75 Å². The van der Waals surface area contributed by atoms with Crippen LogP contribution in [0.15, 0.2) is 24.3 Å². The second kappa shape index (κ2) is 6.57. The molecule has 1 aromatic carbocycles. The van der Waals surface area contributed by atoms with E-state index in [9.17, 15) is 4.79 Å². The Labute approximate surface area is 114 Å². The summed E-state index contributed by atoms with van der Waals surface area (Å²) in [7, 11) is 0. The van der Waals surface area contributed by atoms with Gasteiger partial charge in [0.15, 0.2) is 6.61 Å². The predicted molar refractivity (Wildman–Crippen MR) is 74.7 cm³/mol. The highest BCUT2D eigenvalue weighted by Crippen LogP contribution is 2.35. The number of carbonyl (C=O) groups is 1. The summed E-state index contributed by atoms with van der Waals surface area (Å²) in [5.41, 5.74) is 6.57. The molecule has 0 saturated heterocycles. The van der Waals surface area contributed by atoms with E-state index in [1.54, 1.807) is 0 Å². The molecule has 0 radical (unpaired) electrons. The Bertz CT molecular complexity index is 413. The molecule has 19 heavy (non-hydrogen) atoms. The molecule has 0 aromatic heterocycles. The van der Waals surface area contributed by atoms with Crippen LogP contribution >= 0.6 is 0 Å². The highest BCUT2D eigenvalue weighted by Gasteiger charge is 2.27. The van der Waals surface area contributed by atoms with Crippen molar-refractivity contribution in [2.75, 3.05) is 13.2 Å². The fourth-order valence-electron chi connectivity index (χ4n) is 2.03. The number of rotatable bonds is 7. The van der Waals surface area contributed by atoms with Crippen molar-refractivity contribution >= 4 is 5.91 Å². The number of hydrogen-bond donors (Lipinski definition) is 2. The van der Waals surface area contributed by atoms with Gasteiger partial charge in [0.25, 0.3) is 5.91 Å². The van der Waals surface area contributed by atoms with Crippen LogP contribution in [0.3, 0.4) is 0 Å². The van der Waals surface area contributed by atoms with Crippen LogP contribution in [0.4, 0.5) is 0 Å². The predicted octanol–water partition coefficient (Wildman–Crippen LogP) is 1.69. The number of nitrogens with two attached hydrogens (primary N) is 1. The van der Waals surface area contributed by atoms with Crippen molar-refractivity contribution in [3.63, 3.8) is 0 Å². The number of benzene rings is 1. The van der Waals surface area contributed by atoms with Crippen LogP contribution in [0.5, 0.6) is 5.75 Å². The van der Waals surface area contributed by atoms with E-state index in [1.165, 1.54) is 12.8 Å². The molecule has 0 heterocycles. The molecule has 1 saturated carbocycles. The molecule has 0 bridgehead atoms. The van der Waals surface area contributed by atoms with E-state index >= 15 is 0 Å². The van der Waals surface area contributed by atoms with Crippen molar-refractivity contribution in [2.45, 2.75) is 26.3 Å². The molecular weight excluding hydrogens is 240 g/mol. The number of carbonyl (C=O) groups excluding carboxylic acids is 1. The topological polar surface area (TPSA) is 64.3 Å². The van der Waals surface area contributed by atoms with E-state index in [1.807, 2.05) is 24.3 Å². The number of ether oxygens (including phenoxy) is 1. The lowest BCUT2D eigenvalue weighted by Crippen LogP contribution is -2.32. The SMILES string of the molecule is CC(CNC(=O)COc1ccc(CN)cc1)C1CC1. The molecule has 0 aliphatic heterocycles. The van der Waals surface area contributed by atoms with Gasteiger partial charge in [-0.1, -0.05) is 19.1 Å². The third-order valence-corrected chi connectivity index (χ3v) is 3.58. The van der Waals surface area contributed by atoms with Crippen LogP contribution in [0.1, 0.15) is 25.3 Å². The molecule has 4 heteroatoms. The van der Waals surface area contributed by atoms with E-state index in [-0.39, 0.29) is 12.5 Å². The first-order chi connectivity index (χ1) is 9.19. The molecule has 1 unspecified atom stereocenters. The first-order valence-corrected chi connectivity index (χ1v) is 6.87. The Morgan fingerprint density at radius 2 is 2.11 bits per heavy atom. The number of nitrogens with one attached hydrogen (secondary N) is 1. The Hall–Kier alpha value is -1.55. The minimum atomic E-state index is -0.0598. The lowest BCUT2D eigenvalue weighted by molar-refractivity contribution is -0.123. The fraction of sp³-hybridized carbons (Fsp3) is 0.533. The zero-order chi connectivity index (χ0) is 13.7. The molecule has 1 aromatic rings. The van der Waals surface area contributed by atoms with Gasteiger partial charge in [-0.05, 0) is 42.4 Å². The van der Waals surface area contributed by atoms with Crippen LogP contribution in [0.2, 0.25) is 0 Å². The maximum absolute atomic E-state index is 11.6. The maximum atomic E-state index is 11.6. The van der Waals surface area contributed by atoms with Crippen molar-refractivity contribution < 1.29 is 9.53 Å². The summed E-state index contributed by atoms with van der Waals surface area (Å²) in [6, 6.07) is 7.48. The van der Waals surface area contributed by atoms with Gasteiger partial charge in [-0.25, -0.2) is 0 Å². The third kappa shape index (κ3) is 4.56. The molecule has 2 rings (SSSR count). The average molecular weight is 262 g/mol. The molecule has 4 nitrogen and oxygen atoms in total. The normalized spacial score (nSPS) is 15.9. The summed E-state index contributed by atoms with van der Waals surface area (Å²) in [6.07, 6.45) is 2.61. The van der Waals surface area contributed by atoms with Crippen LogP contribution in [-0.2, 0) is 11.3 Å². The summed E-state index contributed by atoms with van der Waals surface area (Å²) in [5.74, 6) is 2.02. The Balaban J connectivity index is 1.67. The summed E-state index contributed by atoms with van der Waals surface area (Å²) in [6.45, 7) is 3.52. The first-order valence-electron chi connectivity index (χ1n) is 6.87. The summed E-state index contributed by atoms with van der Waals surface area (Å²) in [4.78, 5) is 11.6. The highest BCUT2D eigenvalue weighted by molar-refractivity contribution is 5.77. The fourth-order valence-corrected chi connectivity index (χ4v) is 2.03. The molecular formula is C15H22N2O2. The third-order valence-electron chi connectivity index (χ3n) is 3.58. The minimum absolute atomic E-state index is 0.0598. The monoisotopic (exact) mass is 262 g/mol. The van der Waals surface area contributed by atoms with E-state index in [0.29, 0.717) is 18.2 Å². The Morgan fingerprint density at radius 1 is 1.42 bits per heavy atom. The second-order valence-corrected chi connectivity index (χ2v) is 5.26. The van der Waals surface area contributed by atoms with Gasteiger partial charge in [0, 0.05) is 13.1 Å². The van der Waals surface area contributed by atoms with Gasteiger partial charge in [0.1, 0.15) is 5.75 Å². The van der Waals surface area contributed by atoms with Crippen LogP contribution in [0, 0.1) is 11.8 Å². The Kier molecular flexibility index (Phi) is 4.80. The molecule has 1 atom stereocenters. The smallest absolute Gasteiger partial charge is 0.257 e. The van der Waals surface area contributed by atoms with Gasteiger partial charge in [0.2, 0.25) is 0 Å². The lowest BCUT2D eigenvalue weighted by atomic mass is 10.1. The molecule has 1 aliphatic carbocycles. The molecule has 1 aliphatic rings. The van der Waals surface area contributed by atoms with E-state index < -0.39 is 0 Å². The number of amides is 1.